The van der Waals surface area contributed by atoms with Crippen LogP contribution < -0.4 is 5.32 Å². The SMILES string of the molecule is CC(C)n1nnnc1CN1CCNCC1.O=C(O)C(F)(F)F.O=C(O)C(F)(F)F. The number of aliphatic carboxylic acids is 2. The lowest BCUT2D eigenvalue weighted by Gasteiger charge is -2.26. The summed E-state index contributed by atoms with van der Waals surface area (Å²) in [5, 5.41) is 29.4. The van der Waals surface area contributed by atoms with Gasteiger partial charge in [0.1, 0.15) is 0 Å². The molecule has 1 saturated heterocycles. The van der Waals surface area contributed by atoms with Crippen molar-refractivity contribution < 1.29 is 46.1 Å². The highest BCUT2D eigenvalue weighted by molar-refractivity contribution is 5.73. The zero-order chi connectivity index (χ0) is 22.8. The van der Waals surface area contributed by atoms with Crippen molar-refractivity contribution in [1.82, 2.24) is 30.4 Å². The number of carboxylic acids is 2. The monoisotopic (exact) mass is 438 g/mol. The van der Waals surface area contributed by atoms with Crippen LogP contribution in [0.3, 0.4) is 0 Å². The average molecular weight is 438 g/mol. The van der Waals surface area contributed by atoms with Gasteiger partial charge in [0.2, 0.25) is 0 Å². The van der Waals surface area contributed by atoms with Gasteiger partial charge in [-0.15, -0.1) is 5.10 Å². The fourth-order valence-electron chi connectivity index (χ4n) is 1.79. The van der Waals surface area contributed by atoms with Crippen molar-refractivity contribution in [3.05, 3.63) is 5.82 Å². The number of hydrogen-bond donors (Lipinski definition) is 3. The van der Waals surface area contributed by atoms with Crippen molar-refractivity contribution in [2.75, 3.05) is 26.2 Å². The number of rotatable bonds is 3. The van der Waals surface area contributed by atoms with Crippen molar-refractivity contribution in [2.24, 2.45) is 0 Å². The number of aromatic nitrogens is 4. The Labute approximate surface area is 160 Å². The molecule has 0 amide bonds. The highest BCUT2D eigenvalue weighted by atomic mass is 19.4. The molecule has 0 spiro atoms. The summed E-state index contributed by atoms with van der Waals surface area (Å²) >= 11 is 0. The number of alkyl halides is 6. The number of carboxylic acid groups (broad SMARTS) is 2. The summed E-state index contributed by atoms with van der Waals surface area (Å²) in [6.07, 6.45) is -10.2. The van der Waals surface area contributed by atoms with E-state index in [4.69, 9.17) is 19.8 Å². The van der Waals surface area contributed by atoms with Gasteiger partial charge in [-0.3, -0.25) is 4.90 Å². The fraction of sp³-hybridized carbons (Fsp3) is 0.769. The molecule has 0 aromatic carbocycles. The second-order valence-corrected chi connectivity index (χ2v) is 5.77. The van der Waals surface area contributed by atoms with Crippen LogP contribution in [0.2, 0.25) is 0 Å². The number of piperazine rings is 1. The molecule has 2 heterocycles. The predicted octanol–water partition coefficient (Wildman–Crippen LogP) is 0.926. The van der Waals surface area contributed by atoms with Crippen molar-refractivity contribution in [3.8, 4) is 0 Å². The minimum Gasteiger partial charge on any atom is -0.475 e. The quantitative estimate of drug-likeness (QED) is 0.589. The number of hydrogen-bond acceptors (Lipinski definition) is 7. The van der Waals surface area contributed by atoms with E-state index in [0.29, 0.717) is 6.04 Å². The zero-order valence-corrected chi connectivity index (χ0v) is 15.3. The van der Waals surface area contributed by atoms with Crippen LogP contribution in [0.1, 0.15) is 25.7 Å². The lowest BCUT2D eigenvalue weighted by molar-refractivity contribution is -0.193. The van der Waals surface area contributed by atoms with Gasteiger partial charge in [0, 0.05) is 26.2 Å². The summed E-state index contributed by atoms with van der Waals surface area (Å²) in [6, 6.07) is 0.331. The molecule has 16 heteroatoms. The van der Waals surface area contributed by atoms with Gasteiger partial charge in [0.25, 0.3) is 0 Å². The highest BCUT2D eigenvalue weighted by Gasteiger charge is 2.38. The van der Waals surface area contributed by atoms with E-state index >= 15 is 0 Å². The van der Waals surface area contributed by atoms with Gasteiger partial charge in [0.05, 0.1) is 12.6 Å². The standard InChI is InChI=1S/C9H18N6.2C2HF3O2/c1-8(2)15-9(11-12-13-15)7-14-5-3-10-4-6-14;2*3-2(4,5)1(6)7/h8,10H,3-7H2,1-2H3;2*(H,6,7). The third-order valence-electron chi connectivity index (χ3n) is 3.11. The maximum atomic E-state index is 10.6. The van der Waals surface area contributed by atoms with E-state index in [0.717, 1.165) is 38.5 Å². The lowest BCUT2D eigenvalue weighted by Crippen LogP contribution is -2.43. The summed E-state index contributed by atoms with van der Waals surface area (Å²) in [5.74, 6) is -4.55. The van der Waals surface area contributed by atoms with Gasteiger partial charge in [-0.1, -0.05) is 0 Å². The molecule has 1 aromatic heterocycles. The fourth-order valence-corrected chi connectivity index (χ4v) is 1.79. The Morgan fingerprint density at radius 1 is 1.03 bits per heavy atom. The first-order valence-electron chi connectivity index (χ1n) is 7.96. The van der Waals surface area contributed by atoms with Crippen LogP contribution in [0, 0.1) is 0 Å². The van der Waals surface area contributed by atoms with Gasteiger partial charge >= 0.3 is 24.3 Å². The molecule has 0 aliphatic carbocycles. The van der Waals surface area contributed by atoms with Crippen LogP contribution >= 0.6 is 0 Å². The summed E-state index contributed by atoms with van der Waals surface area (Å²) in [5.41, 5.74) is 0. The van der Waals surface area contributed by atoms with Gasteiger partial charge in [-0.05, 0) is 24.3 Å². The summed E-state index contributed by atoms with van der Waals surface area (Å²) in [4.78, 5) is 20.2. The van der Waals surface area contributed by atoms with Gasteiger partial charge in [-0.25, -0.2) is 14.3 Å². The Morgan fingerprint density at radius 2 is 1.45 bits per heavy atom. The minimum atomic E-state index is -5.08. The summed E-state index contributed by atoms with van der Waals surface area (Å²) in [6.45, 7) is 9.31. The van der Waals surface area contributed by atoms with Crippen LogP contribution in [-0.2, 0) is 16.1 Å². The number of nitrogens with one attached hydrogen (secondary N) is 1. The predicted molar refractivity (Wildman–Crippen MR) is 83.7 cm³/mol. The van der Waals surface area contributed by atoms with Crippen molar-refractivity contribution in [2.45, 2.75) is 38.8 Å². The molecule has 1 aliphatic heterocycles. The molecule has 29 heavy (non-hydrogen) atoms. The molecule has 1 fully saturated rings. The maximum Gasteiger partial charge on any atom is 0.490 e. The van der Waals surface area contributed by atoms with Gasteiger partial charge in [0.15, 0.2) is 5.82 Å². The molecule has 10 nitrogen and oxygen atoms in total. The first-order valence-corrected chi connectivity index (χ1v) is 7.96. The van der Waals surface area contributed by atoms with E-state index in [9.17, 15) is 26.3 Å². The van der Waals surface area contributed by atoms with E-state index in [-0.39, 0.29) is 0 Å². The number of nitrogens with zero attached hydrogens (tertiary/aromatic N) is 5. The molecule has 3 N–H and O–H groups in total. The third-order valence-corrected chi connectivity index (χ3v) is 3.11. The van der Waals surface area contributed by atoms with E-state index in [1.165, 1.54) is 0 Å². The minimum absolute atomic E-state index is 0.331. The second-order valence-electron chi connectivity index (χ2n) is 5.77. The van der Waals surface area contributed by atoms with Crippen molar-refractivity contribution >= 4 is 11.9 Å². The molecule has 1 aliphatic rings. The van der Waals surface area contributed by atoms with Crippen molar-refractivity contribution in [1.29, 1.82) is 0 Å². The van der Waals surface area contributed by atoms with Crippen LogP contribution in [0.4, 0.5) is 26.3 Å². The number of halogens is 6. The molecule has 0 bridgehead atoms. The molecule has 168 valence electrons. The molecular weight excluding hydrogens is 418 g/mol. The number of carbonyl (C=O) groups is 2. The first-order chi connectivity index (χ1) is 13.2. The average Bonchev–Trinajstić information content (AvgIpc) is 3.03. The maximum absolute atomic E-state index is 10.6. The molecule has 2 rings (SSSR count). The molecular formula is C13H20F6N6O4. The van der Waals surface area contributed by atoms with Gasteiger partial charge in [-0.2, -0.15) is 26.3 Å². The molecule has 0 atom stereocenters. The van der Waals surface area contributed by atoms with Crippen LogP contribution in [-0.4, -0.2) is 85.8 Å². The first kappa shape index (κ1) is 26.5. The van der Waals surface area contributed by atoms with E-state index in [1.54, 1.807) is 0 Å². The lowest BCUT2D eigenvalue weighted by atomic mass is 10.3. The third kappa shape index (κ3) is 11.2. The molecule has 0 saturated carbocycles. The van der Waals surface area contributed by atoms with Gasteiger partial charge < -0.3 is 15.5 Å². The summed E-state index contributed by atoms with van der Waals surface area (Å²) in [7, 11) is 0. The Kier molecular flexibility index (Phi) is 10.5. The van der Waals surface area contributed by atoms with Crippen LogP contribution in [0.5, 0.6) is 0 Å². The molecule has 1 aromatic rings. The summed E-state index contributed by atoms with van der Waals surface area (Å²) < 4.78 is 65.4. The Morgan fingerprint density at radius 3 is 1.79 bits per heavy atom. The van der Waals surface area contributed by atoms with Crippen molar-refractivity contribution in [3.63, 3.8) is 0 Å². The zero-order valence-electron chi connectivity index (χ0n) is 15.3. The number of tetrazole rings is 1. The molecule has 0 unspecified atom stereocenters. The van der Waals surface area contributed by atoms with E-state index in [1.807, 2.05) is 4.68 Å². The largest absolute Gasteiger partial charge is 0.490 e. The second kappa shape index (κ2) is 11.5. The molecule has 0 radical (unpaired) electrons. The van der Waals surface area contributed by atoms with Crippen LogP contribution in [0.15, 0.2) is 0 Å². The van der Waals surface area contributed by atoms with E-state index < -0.39 is 24.3 Å². The Bertz CT molecular complexity index is 618. The topological polar surface area (TPSA) is 133 Å². The normalized spacial score (nSPS) is 15.1. The van der Waals surface area contributed by atoms with Crippen LogP contribution in [0.25, 0.3) is 0 Å². The smallest absolute Gasteiger partial charge is 0.475 e. The Balaban J connectivity index is 0.000000473. The van der Waals surface area contributed by atoms with E-state index in [2.05, 4.69) is 39.6 Å². The highest BCUT2D eigenvalue weighted by Crippen LogP contribution is 2.13. The Hall–Kier alpha value is -2.49.